The lowest BCUT2D eigenvalue weighted by atomic mass is 9.62. The molecule has 2 aliphatic carbocycles. The maximum Gasteiger partial charge on any atom is 0.0636 e. The highest BCUT2D eigenvalue weighted by Crippen LogP contribution is 2.49. The van der Waals surface area contributed by atoms with Gasteiger partial charge in [-0.1, -0.05) is 124 Å². The summed E-state index contributed by atoms with van der Waals surface area (Å²) in [5.74, 6) is 0. The van der Waals surface area contributed by atoms with Crippen LogP contribution >= 0.6 is 0 Å². The minimum Gasteiger partial charge on any atom is -0.0576 e. The van der Waals surface area contributed by atoms with Crippen molar-refractivity contribution in [3.63, 3.8) is 0 Å². The van der Waals surface area contributed by atoms with E-state index in [-0.39, 0.29) is 5.56 Å². The van der Waals surface area contributed by atoms with Gasteiger partial charge in [0.05, 0.1) is 4.11 Å². The summed E-state index contributed by atoms with van der Waals surface area (Å²) in [5, 5.41) is 0. The molecule has 38 heavy (non-hydrogen) atoms. The quantitative estimate of drug-likeness (QED) is 0.302. The Bertz CT molecular complexity index is 2460. The Labute approximate surface area is 282 Å². The molecular weight excluding hydrogens is 456 g/mol. The molecule has 0 spiro atoms. The van der Waals surface area contributed by atoms with Gasteiger partial charge in [-0.15, -0.1) is 0 Å². The second-order valence-corrected chi connectivity index (χ2v) is 10.8. The van der Waals surface area contributed by atoms with Crippen LogP contribution in [0, 0.1) is 0 Å². The molecule has 0 amide bonds. The van der Waals surface area contributed by atoms with Gasteiger partial charge in [0.2, 0.25) is 0 Å². The molecule has 202 valence electrons. The lowest BCUT2D eigenvalue weighted by Crippen LogP contribution is -2.33. The third-order valence-electron chi connectivity index (χ3n) is 6.61. The van der Waals surface area contributed by atoms with Crippen LogP contribution in [0.5, 0.6) is 0 Å². The molecule has 5 rings (SSSR count). The van der Waals surface area contributed by atoms with Gasteiger partial charge in [0.15, 0.2) is 0 Å². The van der Waals surface area contributed by atoms with E-state index < -0.39 is 170 Å². The average molecular weight is 542 g/mol. The highest BCUT2D eigenvalue weighted by atomic mass is 14.4. The van der Waals surface area contributed by atoms with Crippen LogP contribution in [0.3, 0.4) is 0 Å². The molecule has 0 radical (unpaired) electrons. The lowest BCUT2D eigenvalue weighted by molar-refractivity contribution is 0.332. The van der Waals surface area contributed by atoms with E-state index in [0.29, 0.717) is 24.3 Å². The molecular formula is C38H50. The summed E-state index contributed by atoms with van der Waals surface area (Å²) < 4.78 is 307. The van der Waals surface area contributed by atoms with Gasteiger partial charge in [0.25, 0.3) is 0 Å². The van der Waals surface area contributed by atoms with Crippen molar-refractivity contribution in [3.05, 3.63) is 82.3 Å². The van der Waals surface area contributed by atoms with Crippen LogP contribution < -0.4 is 0 Å². The zero-order chi connectivity index (χ0) is 57.7. The first-order valence-electron chi connectivity index (χ1n) is 29.2. The van der Waals surface area contributed by atoms with Gasteiger partial charge in [-0.2, -0.15) is 0 Å². The van der Waals surface area contributed by atoms with Crippen molar-refractivity contribution in [2.24, 2.45) is 0 Å². The minimum atomic E-state index is -4.49. The lowest BCUT2D eigenvalue weighted by Gasteiger charge is -2.42. The SMILES string of the molecule is [2H]c1c(-c2ccc3c(c2)C(C([2H])([2H])[2H])(C([2H])([2H])[2H])C([2H])([2H])C([2H])([2H])C3(C([2H])([2H])[2H])C([2H])([2H])[2H])c([2H])c(C(C)(C)C)c([2H])c1-c1ccc2c(c1)C(C([2H])([2H])[2H])(C([2H])([2H])[2H])C([2H])([2H])C([2H])([2H])C2(C([2H])([2H])[2H])C([2H])([2H])[2H]. The Hall–Kier alpha value is -2.34. The normalized spacial score (nSPS) is 42.4. The van der Waals surface area contributed by atoms with Gasteiger partial charge in [-0.3, -0.25) is 0 Å². The van der Waals surface area contributed by atoms with Gasteiger partial charge in [0.1, 0.15) is 0 Å². The van der Waals surface area contributed by atoms with E-state index in [1.807, 2.05) is 0 Å². The molecule has 2 aliphatic rings. The van der Waals surface area contributed by atoms with Crippen LogP contribution in [-0.4, -0.2) is 0 Å². The fourth-order valence-corrected chi connectivity index (χ4v) is 4.45. The molecule has 3 aromatic carbocycles. The fraction of sp³-hybridized carbons (Fsp3) is 0.526. The van der Waals surface area contributed by atoms with Crippen molar-refractivity contribution in [2.45, 2.75) is 128 Å². The topological polar surface area (TPSA) is 0 Å². The minimum absolute atomic E-state index is 0.378. The summed E-state index contributed by atoms with van der Waals surface area (Å²) in [6.07, 6.45) is -17.8. The Morgan fingerprint density at radius 2 is 0.921 bits per heavy atom. The van der Waals surface area contributed by atoms with Crippen LogP contribution in [0.4, 0.5) is 0 Å². The molecule has 0 unspecified atom stereocenters. The van der Waals surface area contributed by atoms with E-state index in [1.165, 1.54) is 20.8 Å². The highest BCUT2D eigenvalue weighted by molar-refractivity contribution is 5.76. The predicted molar refractivity (Wildman–Crippen MR) is 167 cm³/mol. The van der Waals surface area contributed by atoms with Crippen LogP contribution in [0.2, 0.25) is 0 Å². The number of fused-ring (bicyclic) bond motifs is 2. The maximum atomic E-state index is 9.70. The Morgan fingerprint density at radius 1 is 0.553 bits per heavy atom. The summed E-state index contributed by atoms with van der Waals surface area (Å²) in [6, 6.07) is 0.844. The molecule has 0 nitrogen and oxygen atoms in total. The van der Waals surface area contributed by atoms with E-state index in [9.17, 15) is 4.11 Å². The van der Waals surface area contributed by atoms with Crippen molar-refractivity contribution < 1.29 is 48.0 Å². The fourth-order valence-electron chi connectivity index (χ4n) is 4.45. The summed E-state index contributed by atoms with van der Waals surface area (Å²) in [6.45, 7) is -29.2. The van der Waals surface area contributed by atoms with Crippen molar-refractivity contribution in [2.75, 3.05) is 0 Å². The standard InChI is InChI=1S/C38H50/c1-34(2,3)29-21-27(25-12-14-30-32(23-25)37(8,9)18-16-35(30,4)5)20-28(22-29)26-13-15-31-33(24-26)38(10,11)19-17-36(31,6)7/h12-15,20-24H,16-19H2,1-11H3/i4D3,5D3,6D3,7D3,8D3,9D3,10D3,11D3,16D2,17D2,18D2,19D2,20D,21D,22D. The van der Waals surface area contributed by atoms with Crippen LogP contribution in [-0.2, 0) is 27.1 Å². The van der Waals surface area contributed by atoms with E-state index in [1.54, 1.807) is 0 Å². The number of hydrogen-bond donors (Lipinski definition) is 0. The number of benzene rings is 3. The smallest absolute Gasteiger partial charge is 0.0576 e. The summed E-state index contributed by atoms with van der Waals surface area (Å²) in [5.41, 5.74) is -26.7. The molecule has 3 aromatic rings. The van der Waals surface area contributed by atoms with Crippen LogP contribution in [0.15, 0.2) is 54.5 Å². The van der Waals surface area contributed by atoms with Crippen LogP contribution in [0.1, 0.15) is 177 Å². The molecule has 0 saturated heterocycles. The van der Waals surface area contributed by atoms with Gasteiger partial charge >= 0.3 is 0 Å². The third-order valence-corrected chi connectivity index (χ3v) is 6.61. The first-order valence-corrected chi connectivity index (χ1v) is 11.7. The largest absolute Gasteiger partial charge is 0.0636 e. The van der Waals surface area contributed by atoms with Crippen molar-refractivity contribution in [1.82, 2.24) is 0 Å². The Balaban J connectivity index is 2.18. The highest BCUT2D eigenvalue weighted by Gasteiger charge is 2.38. The van der Waals surface area contributed by atoms with Gasteiger partial charge < -0.3 is 0 Å². The van der Waals surface area contributed by atoms with Crippen molar-refractivity contribution >= 4 is 0 Å². The van der Waals surface area contributed by atoms with Crippen LogP contribution in [0.25, 0.3) is 22.3 Å². The average Bonchev–Trinajstić information content (AvgIpc) is 3.07. The number of hydrogen-bond acceptors (Lipinski definition) is 0. The van der Waals surface area contributed by atoms with E-state index in [2.05, 4.69) is 0 Å². The van der Waals surface area contributed by atoms with E-state index >= 15 is 0 Å². The van der Waals surface area contributed by atoms with E-state index in [0.717, 1.165) is 12.1 Å². The summed E-state index contributed by atoms with van der Waals surface area (Å²) >= 11 is 0. The first-order chi connectivity index (χ1) is 31.8. The Morgan fingerprint density at radius 3 is 1.26 bits per heavy atom. The monoisotopic (exact) mass is 542 g/mol. The molecule has 0 heterocycles. The van der Waals surface area contributed by atoms with Gasteiger partial charge in [0, 0.05) is 43.9 Å². The first kappa shape index (κ1) is 7.69. The van der Waals surface area contributed by atoms with Gasteiger partial charge in [-0.25, -0.2) is 0 Å². The van der Waals surface area contributed by atoms with E-state index in [4.69, 9.17) is 43.9 Å². The second kappa shape index (κ2) is 8.58. The molecule has 0 bridgehead atoms. The van der Waals surface area contributed by atoms with Crippen molar-refractivity contribution in [3.8, 4) is 22.3 Å². The molecule has 0 heteroatoms. The predicted octanol–water partition coefficient (Wildman–Crippen LogP) is 11.0. The second-order valence-electron chi connectivity index (χ2n) is 10.8. The molecule has 0 fully saturated rings. The molecule has 0 aliphatic heterocycles. The molecule has 0 saturated carbocycles. The van der Waals surface area contributed by atoms with Gasteiger partial charge in [-0.05, 0) is 109 Å². The summed E-state index contributed by atoms with van der Waals surface area (Å²) in [4.78, 5) is 0. The summed E-state index contributed by atoms with van der Waals surface area (Å²) in [7, 11) is 0. The molecule has 0 atom stereocenters. The maximum absolute atomic E-state index is 9.70. The van der Waals surface area contributed by atoms with Crippen molar-refractivity contribution in [1.29, 1.82) is 0 Å². The molecule has 0 N–H and O–H groups in total. The molecule has 0 aromatic heterocycles. The number of rotatable bonds is 2. The Kier molecular flexibility index (Phi) is 1.73. The zero-order valence-electron chi connectivity index (χ0n) is 56.0. The zero-order valence-corrected chi connectivity index (χ0v) is 21.0. The third kappa shape index (κ3) is 4.67.